The fraction of sp³-hybridized carbons (Fsp3) is 0.571. The highest BCUT2D eigenvalue weighted by atomic mass is 32.2. The Bertz CT molecular complexity index is 405. The zero-order valence-corrected chi connectivity index (χ0v) is 13.3. The van der Waals surface area contributed by atoms with Gasteiger partial charge < -0.3 is 29.2 Å². The topological polar surface area (TPSA) is 86.0 Å². The van der Waals surface area contributed by atoms with Crippen LogP contribution in [0.1, 0.15) is 0 Å². The van der Waals surface area contributed by atoms with Crippen molar-refractivity contribution in [1.82, 2.24) is 0 Å². The molecule has 7 heteroatoms. The zero-order valence-electron chi connectivity index (χ0n) is 12.5. The summed E-state index contributed by atoms with van der Waals surface area (Å²) in [5, 5.41) is 0. The Labute approximate surface area is 128 Å². The number of nitrogen functional groups attached to an aromatic ring is 1. The van der Waals surface area contributed by atoms with Gasteiger partial charge in [-0.05, 0) is 11.2 Å². The molecule has 1 rings (SSSR count). The van der Waals surface area contributed by atoms with Crippen LogP contribution in [0.5, 0.6) is 5.75 Å². The van der Waals surface area contributed by atoms with Gasteiger partial charge in [0.15, 0.2) is 4.90 Å². The van der Waals surface area contributed by atoms with E-state index in [-0.39, 0.29) is 0 Å². The molecule has 0 amide bonds. The molecule has 0 aliphatic rings. The normalized spacial score (nSPS) is 12.3. The SMILES string of the molecule is COCCOCCOCC[S+]([O-])c1cc(N)cc(OC)c1. The first kappa shape index (κ1) is 18.1. The minimum Gasteiger partial charge on any atom is -0.611 e. The van der Waals surface area contributed by atoms with E-state index in [0.717, 1.165) is 0 Å². The summed E-state index contributed by atoms with van der Waals surface area (Å²) in [5.74, 6) is 1.01. The van der Waals surface area contributed by atoms with Crippen molar-refractivity contribution >= 4 is 16.9 Å². The molecule has 21 heavy (non-hydrogen) atoms. The lowest BCUT2D eigenvalue weighted by molar-refractivity contribution is 0.0284. The van der Waals surface area contributed by atoms with Gasteiger partial charge in [0.05, 0.1) is 40.1 Å². The smallest absolute Gasteiger partial charge is 0.158 e. The molecular weight excluding hydrogens is 294 g/mol. The van der Waals surface area contributed by atoms with Gasteiger partial charge in [-0.1, -0.05) is 0 Å². The van der Waals surface area contributed by atoms with Gasteiger partial charge in [-0.15, -0.1) is 0 Å². The van der Waals surface area contributed by atoms with Gasteiger partial charge in [0.2, 0.25) is 0 Å². The molecule has 6 nitrogen and oxygen atoms in total. The predicted octanol–water partition coefficient (Wildman–Crippen LogP) is 1.06. The van der Waals surface area contributed by atoms with E-state index in [1.807, 2.05) is 0 Å². The van der Waals surface area contributed by atoms with Crippen molar-refractivity contribution in [3.05, 3.63) is 18.2 Å². The van der Waals surface area contributed by atoms with E-state index >= 15 is 0 Å². The fourth-order valence-electron chi connectivity index (χ4n) is 1.56. The van der Waals surface area contributed by atoms with Crippen LogP contribution < -0.4 is 10.5 Å². The van der Waals surface area contributed by atoms with Crippen molar-refractivity contribution in [2.24, 2.45) is 0 Å². The lowest BCUT2D eigenvalue weighted by Crippen LogP contribution is -2.15. The summed E-state index contributed by atoms with van der Waals surface area (Å²) in [6.45, 7) is 2.50. The number of rotatable bonds is 11. The van der Waals surface area contributed by atoms with Gasteiger partial charge >= 0.3 is 0 Å². The van der Waals surface area contributed by atoms with Crippen LogP contribution in [0.15, 0.2) is 23.1 Å². The lowest BCUT2D eigenvalue weighted by Gasteiger charge is -2.12. The minimum absolute atomic E-state index is 0.400. The monoisotopic (exact) mass is 317 g/mol. The summed E-state index contributed by atoms with van der Waals surface area (Å²) < 4.78 is 32.7. The van der Waals surface area contributed by atoms with Crippen molar-refractivity contribution in [3.8, 4) is 5.75 Å². The standard InChI is InChI=1S/C14H23NO5S/c1-17-3-4-19-5-6-20-7-8-21(16)14-10-12(15)9-13(11-14)18-2/h9-11H,3-8,15H2,1-2H3. The quantitative estimate of drug-likeness (QED) is 0.373. The molecule has 0 bridgehead atoms. The summed E-state index contributed by atoms with van der Waals surface area (Å²) in [4.78, 5) is 0.645. The maximum Gasteiger partial charge on any atom is 0.158 e. The molecule has 0 saturated carbocycles. The first-order valence-corrected chi connectivity index (χ1v) is 7.96. The van der Waals surface area contributed by atoms with E-state index in [1.165, 1.54) is 0 Å². The second kappa shape index (κ2) is 10.7. The Morgan fingerprint density at radius 1 is 1.00 bits per heavy atom. The highest BCUT2D eigenvalue weighted by Gasteiger charge is 2.13. The number of methoxy groups -OCH3 is 2. The fourth-order valence-corrected chi connectivity index (χ4v) is 2.58. The maximum atomic E-state index is 12.1. The predicted molar refractivity (Wildman–Crippen MR) is 82.2 cm³/mol. The van der Waals surface area contributed by atoms with Crippen molar-refractivity contribution in [3.63, 3.8) is 0 Å². The van der Waals surface area contributed by atoms with Gasteiger partial charge in [-0.25, -0.2) is 0 Å². The van der Waals surface area contributed by atoms with Crippen LogP contribution in [0.3, 0.4) is 0 Å². The Morgan fingerprint density at radius 2 is 1.67 bits per heavy atom. The molecule has 1 aromatic rings. The third kappa shape index (κ3) is 7.54. The van der Waals surface area contributed by atoms with Gasteiger partial charge in [-0.3, -0.25) is 0 Å². The van der Waals surface area contributed by atoms with E-state index in [0.29, 0.717) is 55.1 Å². The Hall–Kier alpha value is -0.990. The van der Waals surface area contributed by atoms with Crippen molar-refractivity contribution < 1.29 is 23.5 Å². The van der Waals surface area contributed by atoms with E-state index < -0.39 is 11.2 Å². The van der Waals surface area contributed by atoms with Gasteiger partial charge in [-0.2, -0.15) is 0 Å². The van der Waals surface area contributed by atoms with Crippen LogP contribution in [0.25, 0.3) is 0 Å². The summed E-state index contributed by atoms with van der Waals surface area (Å²) in [6.07, 6.45) is 0. The number of ether oxygens (including phenoxy) is 4. The van der Waals surface area contributed by atoms with Crippen molar-refractivity contribution in [2.75, 3.05) is 58.7 Å². The molecule has 0 spiro atoms. The van der Waals surface area contributed by atoms with E-state index in [9.17, 15) is 4.55 Å². The molecule has 2 N–H and O–H groups in total. The average molecular weight is 317 g/mol. The van der Waals surface area contributed by atoms with Gasteiger partial charge in [0, 0.05) is 31.0 Å². The molecule has 120 valence electrons. The summed E-state index contributed by atoms with van der Waals surface area (Å²) in [7, 11) is 3.18. The highest BCUT2D eigenvalue weighted by Crippen LogP contribution is 2.22. The third-order valence-electron chi connectivity index (χ3n) is 2.62. The van der Waals surface area contributed by atoms with Crippen LogP contribution in [0.4, 0.5) is 5.69 Å². The molecule has 0 saturated heterocycles. The van der Waals surface area contributed by atoms with Crippen molar-refractivity contribution in [1.29, 1.82) is 0 Å². The van der Waals surface area contributed by atoms with Crippen LogP contribution in [0, 0.1) is 0 Å². The molecule has 0 radical (unpaired) electrons. The van der Waals surface area contributed by atoms with E-state index in [2.05, 4.69) is 0 Å². The van der Waals surface area contributed by atoms with Crippen LogP contribution >= 0.6 is 0 Å². The van der Waals surface area contributed by atoms with Crippen LogP contribution in [-0.2, 0) is 25.4 Å². The molecule has 1 aromatic carbocycles. The largest absolute Gasteiger partial charge is 0.611 e. The molecule has 0 aliphatic carbocycles. The summed E-state index contributed by atoms with van der Waals surface area (Å²) >= 11 is -1.16. The Morgan fingerprint density at radius 3 is 2.33 bits per heavy atom. The number of nitrogens with two attached hydrogens (primary N) is 1. The number of hydrogen-bond donors (Lipinski definition) is 1. The zero-order chi connectivity index (χ0) is 15.5. The molecule has 0 heterocycles. The van der Waals surface area contributed by atoms with E-state index in [1.54, 1.807) is 32.4 Å². The molecule has 0 aliphatic heterocycles. The van der Waals surface area contributed by atoms with Gasteiger partial charge in [0.1, 0.15) is 11.5 Å². The Balaban J connectivity index is 2.21. The first-order chi connectivity index (χ1) is 10.2. The average Bonchev–Trinajstić information content (AvgIpc) is 2.49. The maximum absolute atomic E-state index is 12.1. The molecule has 0 aromatic heterocycles. The van der Waals surface area contributed by atoms with Crippen LogP contribution in [-0.4, -0.2) is 57.6 Å². The second-order valence-electron chi connectivity index (χ2n) is 4.21. The van der Waals surface area contributed by atoms with Crippen molar-refractivity contribution in [2.45, 2.75) is 4.90 Å². The number of hydrogen-bond acceptors (Lipinski definition) is 6. The molecule has 0 fully saturated rings. The second-order valence-corrected chi connectivity index (χ2v) is 5.78. The number of anilines is 1. The summed E-state index contributed by atoms with van der Waals surface area (Å²) in [5.41, 5.74) is 6.27. The first-order valence-electron chi connectivity index (χ1n) is 6.64. The van der Waals surface area contributed by atoms with E-state index in [4.69, 9.17) is 24.7 Å². The Kier molecular flexibility index (Phi) is 9.20. The number of benzene rings is 1. The molecule has 1 unspecified atom stereocenters. The third-order valence-corrected chi connectivity index (χ3v) is 3.92. The highest BCUT2D eigenvalue weighted by molar-refractivity contribution is 7.91. The lowest BCUT2D eigenvalue weighted by atomic mass is 10.3. The molecular formula is C14H23NO5S. The van der Waals surface area contributed by atoms with Crippen LogP contribution in [0.2, 0.25) is 0 Å². The molecule has 1 atom stereocenters. The summed E-state index contributed by atoms with van der Waals surface area (Å²) in [6, 6.07) is 5.10. The minimum atomic E-state index is -1.16. The van der Waals surface area contributed by atoms with Gasteiger partial charge in [0.25, 0.3) is 0 Å².